The minimum absolute atomic E-state index is 0.233. The number of rotatable bonds is 4. The number of halogens is 2. The number of sulfone groups is 1. The van der Waals surface area contributed by atoms with Crippen LogP contribution in [-0.2, 0) is 9.84 Å². The second-order valence-electron chi connectivity index (χ2n) is 3.57. The van der Waals surface area contributed by atoms with E-state index in [-0.39, 0.29) is 6.04 Å². The van der Waals surface area contributed by atoms with Crippen molar-refractivity contribution in [3.63, 3.8) is 0 Å². The van der Waals surface area contributed by atoms with Crippen LogP contribution in [0.2, 0.25) is 5.02 Å². The van der Waals surface area contributed by atoms with Crippen LogP contribution in [0.15, 0.2) is 9.85 Å². The van der Waals surface area contributed by atoms with Gasteiger partial charge >= 0.3 is 0 Å². The molecule has 0 radical (unpaired) electrons. The Bertz CT molecular complexity index is 452. The van der Waals surface area contributed by atoms with Gasteiger partial charge in [0.15, 0.2) is 9.84 Å². The van der Waals surface area contributed by atoms with Crippen LogP contribution < -0.4 is 5.32 Å². The van der Waals surface area contributed by atoms with Gasteiger partial charge in [0, 0.05) is 11.1 Å². The highest BCUT2D eigenvalue weighted by Crippen LogP contribution is 2.37. The summed E-state index contributed by atoms with van der Waals surface area (Å²) in [6.07, 6.45) is 1.24. The summed E-state index contributed by atoms with van der Waals surface area (Å²) < 4.78 is 23.9. The van der Waals surface area contributed by atoms with Crippen LogP contribution in [0.1, 0.15) is 17.8 Å². The van der Waals surface area contributed by atoms with Gasteiger partial charge in [-0.25, -0.2) is 8.42 Å². The van der Waals surface area contributed by atoms with E-state index in [1.54, 1.807) is 20.0 Å². The molecule has 1 rings (SSSR count). The quantitative estimate of drug-likeness (QED) is 0.912. The molecule has 0 saturated carbocycles. The molecule has 0 fully saturated rings. The van der Waals surface area contributed by atoms with Gasteiger partial charge in [-0.05, 0) is 36.0 Å². The van der Waals surface area contributed by atoms with Crippen LogP contribution in [0.3, 0.4) is 0 Å². The van der Waals surface area contributed by atoms with Crippen molar-refractivity contribution in [3.8, 4) is 0 Å². The fourth-order valence-corrected chi connectivity index (χ4v) is 4.20. The summed E-state index contributed by atoms with van der Waals surface area (Å²) in [5.41, 5.74) is 0. The van der Waals surface area contributed by atoms with Gasteiger partial charge in [-0.2, -0.15) is 0 Å². The highest BCUT2D eigenvalue weighted by Gasteiger charge is 2.27. The molecule has 0 aliphatic heterocycles. The molecule has 1 aromatic heterocycles. The fourth-order valence-electron chi connectivity index (χ4n) is 1.37. The molecule has 0 amide bonds. The van der Waals surface area contributed by atoms with Crippen molar-refractivity contribution in [1.82, 2.24) is 5.32 Å². The Morgan fingerprint density at radius 1 is 1.56 bits per heavy atom. The van der Waals surface area contributed by atoms with Crippen LogP contribution >= 0.6 is 38.9 Å². The zero-order valence-electron chi connectivity index (χ0n) is 9.12. The van der Waals surface area contributed by atoms with E-state index < -0.39 is 15.1 Å². The normalized spacial score (nSPS) is 16.1. The van der Waals surface area contributed by atoms with Crippen molar-refractivity contribution < 1.29 is 8.42 Å². The van der Waals surface area contributed by atoms with E-state index in [2.05, 4.69) is 21.2 Å². The Labute approximate surface area is 113 Å². The highest BCUT2D eigenvalue weighted by molar-refractivity contribution is 9.11. The van der Waals surface area contributed by atoms with Gasteiger partial charge in [0.05, 0.1) is 20.1 Å². The molecule has 0 bridgehead atoms. The van der Waals surface area contributed by atoms with E-state index in [1.165, 1.54) is 17.6 Å². The monoisotopic (exact) mass is 345 g/mol. The summed E-state index contributed by atoms with van der Waals surface area (Å²) in [5.74, 6) is 0. The summed E-state index contributed by atoms with van der Waals surface area (Å²) in [6, 6.07) is 1.56. The van der Waals surface area contributed by atoms with Crippen LogP contribution in [0.25, 0.3) is 0 Å². The molecule has 2 unspecified atom stereocenters. The molecule has 3 nitrogen and oxygen atoms in total. The summed E-state index contributed by atoms with van der Waals surface area (Å²) in [6.45, 7) is 1.69. The Hall–Kier alpha value is 0.380. The maximum absolute atomic E-state index is 11.5. The van der Waals surface area contributed by atoms with Gasteiger partial charge in [0.2, 0.25) is 0 Å². The summed E-state index contributed by atoms with van der Waals surface area (Å²) in [4.78, 5) is 0.914. The van der Waals surface area contributed by atoms with Crippen molar-refractivity contribution in [3.05, 3.63) is 19.8 Å². The van der Waals surface area contributed by atoms with E-state index in [1.807, 2.05) is 0 Å². The van der Waals surface area contributed by atoms with Crippen LogP contribution in [0.5, 0.6) is 0 Å². The van der Waals surface area contributed by atoms with Crippen molar-refractivity contribution >= 4 is 48.7 Å². The predicted octanol–water partition coefficient (Wildman–Crippen LogP) is 2.86. The first kappa shape index (κ1) is 14.4. The summed E-state index contributed by atoms with van der Waals surface area (Å²) >= 11 is 10.7. The lowest BCUT2D eigenvalue weighted by molar-refractivity contribution is 0.540. The fraction of sp³-hybridized carbons (Fsp3) is 0.556. The van der Waals surface area contributed by atoms with E-state index in [0.29, 0.717) is 5.02 Å². The molecule has 16 heavy (non-hydrogen) atoms. The summed E-state index contributed by atoms with van der Waals surface area (Å²) in [7, 11) is -1.34. The van der Waals surface area contributed by atoms with E-state index in [4.69, 9.17) is 11.6 Å². The maximum atomic E-state index is 11.5. The second kappa shape index (κ2) is 5.35. The molecule has 1 heterocycles. The Morgan fingerprint density at radius 2 is 2.12 bits per heavy atom. The van der Waals surface area contributed by atoms with Gasteiger partial charge in [0.1, 0.15) is 0 Å². The number of hydrogen-bond donors (Lipinski definition) is 1. The van der Waals surface area contributed by atoms with Crippen molar-refractivity contribution in [2.45, 2.75) is 18.2 Å². The largest absolute Gasteiger partial charge is 0.311 e. The number of thiophene rings is 1. The second-order valence-corrected chi connectivity index (χ2v) is 8.78. The molecule has 0 aromatic carbocycles. The summed E-state index contributed by atoms with van der Waals surface area (Å²) in [5, 5.41) is 3.14. The van der Waals surface area contributed by atoms with Gasteiger partial charge in [-0.15, -0.1) is 11.3 Å². The van der Waals surface area contributed by atoms with Crippen LogP contribution in [0.4, 0.5) is 0 Å². The van der Waals surface area contributed by atoms with Crippen molar-refractivity contribution in [2.24, 2.45) is 0 Å². The molecular weight excluding hydrogens is 334 g/mol. The van der Waals surface area contributed by atoms with Gasteiger partial charge in [-0.3, -0.25) is 0 Å². The lowest BCUT2D eigenvalue weighted by atomic mass is 10.2. The molecule has 7 heteroatoms. The Balaban J connectivity index is 3.08. The molecular formula is C9H13BrClNO2S2. The lowest BCUT2D eigenvalue weighted by Crippen LogP contribution is -2.32. The highest BCUT2D eigenvalue weighted by atomic mass is 79.9. The van der Waals surface area contributed by atoms with E-state index in [0.717, 1.165) is 8.66 Å². The Morgan fingerprint density at radius 3 is 2.44 bits per heavy atom. The molecule has 0 spiro atoms. The van der Waals surface area contributed by atoms with E-state index in [9.17, 15) is 8.42 Å². The average molecular weight is 347 g/mol. The Kier molecular flexibility index (Phi) is 4.83. The first-order valence-electron chi connectivity index (χ1n) is 4.58. The lowest BCUT2D eigenvalue weighted by Gasteiger charge is -2.20. The zero-order chi connectivity index (χ0) is 12.5. The minimum atomic E-state index is -3.08. The molecule has 0 saturated heterocycles. The molecule has 0 aliphatic carbocycles. The molecule has 2 atom stereocenters. The first-order valence-corrected chi connectivity index (χ1v) is 8.52. The standard InChI is InChI=1S/C9H13BrClNO2S2/c1-5(16(3,13)14)8(12-2)7-4-6(11)9(10)15-7/h4-5,8,12H,1-3H3. The predicted molar refractivity (Wildman–Crippen MR) is 73.1 cm³/mol. The maximum Gasteiger partial charge on any atom is 0.151 e. The van der Waals surface area contributed by atoms with E-state index >= 15 is 0 Å². The first-order chi connectivity index (χ1) is 7.27. The third-order valence-electron chi connectivity index (χ3n) is 2.43. The average Bonchev–Trinajstić information content (AvgIpc) is 2.46. The third kappa shape index (κ3) is 3.20. The SMILES string of the molecule is CNC(c1cc(Cl)c(Br)s1)C(C)S(C)(=O)=O. The molecule has 0 aliphatic rings. The minimum Gasteiger partial charge on any atom is -0.311 e. The van der Waals surface area contributed by atoms with Gasteiger partial charge < -0.3 is 5.32 Å². The molecule has 1 aromatic rings. The molecule has 1 N–H and O–H groups in total. The number of nitrogens with one attached hydrogen (secondary N) is 1. The topological polar surface area (TPSA) is 46.2 Å². The van der Waals surface area contributed by atoms with Gasteiger partial charge in [0.25, 0.3) is 0 Å². The van der Waals surface area contributed by atoms with Crippen molar-refractivity contribution in [1.29, 1.82) is 0 Å². The van der Waals surface area contributed by atoms with Crippen LogP contribution in [-0.4, -0.2) is 27.0 Å². The zero-order valence-corrected chi connectivity index (χ0v) is 13.1. The van der Waals surface area contributed by atoms with Gasteiger partial charge in [-0.1, -0.05) is 11.6 Å². The van der Waals surface area contributed by atoms with Crippen LogP contribution in [0, 0.1) is 0 Å². The molecule has 92 valence electrons. The smallest absolute Gasteiger partial charge is 0.151 e. The number of hydrogen-bond acceptors (Lipinski definition) is 4. The third-order valence-corrected chi connectivity index (χ3v) is 6.61. The van der Waals surface area contributed by atoms with Crippen molar-refractivity contribution in [2.75, 3.05) is 13.3 Å².